The van der Waals surface area contributed by atoms with Crippen LogP contribution in [-0.2, 0) is 4.79 Å². The van der Waals surface area contributed by atoms with Gasteiger partial charge in [-0.1, -0.05) is 24.3 Å². The second kappa shape index (κ2) is 5.71. The average molecular weight is 245 g/mol. The molecule has 0 N–H and O–H groups in total. The SMILES string of the molecule is COc1ccc([C@@H]2CC=CCCN2C(C)=O)cc1. The summed E-state index contributed by atoms with van der Waals surface area (Å²) < 4.78 is 5.16. The monoisotopic (exact) mass is 245 g/mol. The number of hydrogen-bond acceptors (Lipinski definition) is 2. The molecule has 0 saturated carbocycles. The highest BCUT2D eigenvalue weighted by Crippen LogP contribution is 2.28. The largest absolute Gasteiger partial charge is 0.497 e. The van der Waals surface area contributed by atoms with Crippen LogP contribution in [0.25, 0.3) is 0 Å². The Bertz CT molecular complexity index is 436. The number of hydrogen-bond donors (Lipinski definition) is 0. The molecule has 96 valence electrons. The Balaban J connectivity index is 2.25. The fourth-order valence-electron chi connectivity index (χ4n) is 2.36. The first kappa shape index (κ1) is 12.7. The summed E-state index contributed by atoms with van der Waals surface area (Å²) >= 11 is 0. The Kier molecular flexibility index (Phi) is 4.03. The molecule has 1 aromatic carbocycles. The summed E-state index contributed by atoms with van der Waals surface area (Å²) in [5.41, 5.74) is 1.16. The van der Waals surface area contributed by atoms with Crippen molar-refractivity contribution in [2.45, 2.75) is 25.8 Å². The van der Waals surface area contributed by atoms with Crippen LogP contribution in [-0.4, -0.2) is 24.5 Å². The molecule has 0 fully saturated rings. The highest BCUT2D eigenvalue weighted by atomic mass is 16.5. The molecule has 18 heavy (non-hydrogen) atoms. The maximum absolute atomic E-state index is 11.7. The molecule has 1 aliphatic rings. The third kappa shape index (κ3) is 2.73. The molecule has 1 atom stereocenters. The van der Waals surface area contributed by atoms with Crippen LogP contribution in [0.15, 0.2) is 36.4 Å². The molecule has 2 rings (SSSR count). The van der Waals surface area contributed by atoms with Crippen LogP contribution in [0.3, 0.4) is 0 Å². The summed E-state index contributed by atoms with van der Waals surface area (Å²) in [5, 5.41) is 0. The molecule has 0 bridgehead atoms. The number of methoxy groups -OCH3 is 1. The molecule has 0 saturated heterocycles. The topological polar surface area (TPSA) is 29.5 Å². The maximum atomic E-state index is 11.7. The number of benzene rings is 1. The molecule has 3 heteroatoms. The van der Waals surface area contributed by atoms with Crippen LogP contribution < -0.4 is 4.74 Å². The van der Waals surface area contributed by atoms with Crippen molar-refractivity contribution in [3.8, 4) is 5.75 Å². The molecule has 1 aliphatic heterocycles. The van der Waals surface area contributed by atoms with Crippen molar-refractivity contribution in [3.63, 3.8) is 0 Å². The lowest BCUT2D eigenvalue weighted by Crippen LogP contribution is -2.32. The molecule has 3 nitrogen and oxygen atoms in total. The normalized spacial score (nSPS) is 19.4. The van der Waals surface area contributed by atoms with E-state index in [9.17, 15) is 4.79 Å². The zero-order valence-corrected chi connectivity index (χ0v) is 10.9. The lowest BCUT2D eigenvalue weighted by atomic mass is 10.0. The first-order chi connectivity index (χ1) is 8.72. The quantitative estimate of drug-likeness (QED) is 0.750. The van der Waals surface area contributed by atoms with Gasteiger partial charge in [-0.05, 0) is 30.5 Å². The van der Waals surface area contributed by atoms with E-state index in [1.807, 2.05) is 29.2 Å². The second-order valence-electron chi connectivity index (χ2n) is 4.50. The number of amides is 1. The van der Waals surface area contributed by atoms with Crippen LogP contribution in [0.1, 0.15) is 31.4 Å². The van der Waals surface area contributed by atoms with Crippen molar-refractivity contribution < 1.29 is 9.53 Å². The van der Waals surface area contributed by atoms with Gasteiger partial charge in [0.1, 0.15) is 5.75 Å². The maximum Gasteiger partial charge on any atom is 0.219 e. The minimum Gasteiger partial charge on any atom is -0.497 e. The van der Waals surface area contributed by atoms with E-state index in [0.717, 1.165) is 30.7 Å². The number of carbonyl (C=O) groups is 1. The predicted octanol–water partition coefficient (Wildman–Crippen LogP) is 2.93. The zero-order valence-electron chi connectivity index (χ0n) is 10.9. The molecular weight excluding hydrogens is 226 g/mol. The minimum atomic E-state index is 0.138. The van der Waals surface area contributed by atoms with E-state index in [2.05, 4.69) is 12.2 Å². The number of nitrogens with zero attached hydrogens (tertiary/aromatic N) is 1. The minimum absolute atomic E-state index is 0.138. The lowest BCUT2D eigenvalue weighted by molar-refractivity contribution is -0.131. The summed E-state index contributed by atoms with van der Waals surface area (Å²) in [4.78, 5) is 13.7. The van der Waals surface area contributed by atoms with Gasteiger partial charge in [-0.15, -0.1) is 0 Å². The van der Waals surface area contributed by atoms with Gasteiger partial charge in [0.25, 0.3) is 0 Å². The summed E-state index contributed by atoms with van der Waals surface area (Å²) in [6, 6.07) is 8.12. The van der Waals surface area contributed by atoms with Gasteiger partial charge in [0.05, 0.1) is 13.2 Å². The third-order valence-corrected chi connectivity index (χ3v) is 3.34. The fraction of sp³-hybridized carbons (Fsp3) is 0.400. The van der Waals surface area contributed by atoms with Gasteiger partial charge in [-0.3, -0.25) is 4.79 Å². The molecule has 1 aromatic rings. The standard InChI is InChI=1S/C15H19NO2/c1-12(17)16-11-5-3-4-6-15(16)13-7-9-14(18-2)10-8-13/h3-4,7-10,15H,5-6,11H2,1-2H3/t15-/m0/s1. The summed E-state index contributed by atoms with van der Waals surface area (Å²) in [6.45, 7) is 2.43. The van der Waals surface area contributed by atoms with Crippen molar-refractivity contribution in [2.75, 3.05) is 13.7 Å². The van der Waals surface area contributed by atoms with E-state index < -0.39 is 0 Å². The van der Waals surface area contributed by atoms with Crippen LogP contribution in [0.2, 0.25) is 0 Å². The summed E-state index contributed by atoms with van der Waals surface area (Å²) in [7, 11) is 1.66. The first-order valence-corrected chi connectivity index (χ1v) is 6.28. The third-order valence-electron chi connectivity index (χ3n) is 3.34. The van der Waals surface area contributed by atoms with Crippen LogP contribution in [0.4, 0.5) is 0 Å². The molecular formula is C15H19NO2. The molecule has 0 radical (unpaired) electrons. The Morgan fingerprint density at radius 3 is 2.61 bits per heavy atom. The van der Waals surface area contributed by atoms with Crippen LogP contribution >= 0.6 is 0 Å². The zero-order chi connectivity index (χ0) is 13.0. The highest BCUT2D eigenvalue weighted by Gasteiger charge is 2.22. The number of carbonyl (C=O) groups excluding carboxylic acids is 1. The predicted molar refractivity (Wildman–Crippen MR) is 71.5 cm³/mol. The van der Waals surface area contributed by atoms with Gasteiger partial charge in [0.2, 0.25) is 5.91 Å². The van der Waals surface area contributed by atoms with E-state index in [1.54, 1.807) is 14.0 Å². The Labute approximate surface area is 108 Å². The Morgan fingerprint density at radius 1 is 1.28 bits per heavy atom. The Hall–Kier alpha value is -1.77. The molecule has 0 spiro atoms. The van der Waals surface area contributed by atoms with Crippen LogP contribution in [0.5, 0.6) is 5.75 Å². The fourth-order valence-corrected chi connectivity index (χ4v) is 2.36. The molecule has 0 unspecified atom stereocenters. The summed E-state index contributed by atoms with van der Waals surface area (Å²) in [5.74, 6) is 0.983. The molecule has 1 amide bonds. The van der Waals surface area contributed by atoms with Gasteiger partial charge in [-0.2, -0.15) is 0 Å². The second-order valence-corrected chi connectivity index (χ2v) is 4.50. The van der Waals surface area contributed by atoms with Gasteiger partial charge < -0.3 is 9.64 Å². The van der Waals surface area contributed by atoms with Crippen molar-refractivity contribution in [2.24, 2.45) is 0 Å². The van der Waals surface area contributed by atoms with Gasteiger partial charge in [0, 0.05) is 13.5 Å². The molecule has 1 heterocycles. The van der Waals surface area contributed by atoms with Crippen LogP contribution in [0, 0.1) is 0 Å². The average Bonchev–Trinajstić information content (AvgIpc) is 2.64. The van der Waals surface area contributed by atoms with E-state index >= 15 is 0 Å². The molecule has 0 aromatic heterocycles. The van der Waals surface area contributed by atoms with E-state index in [0.29, 0.717) is 0 Å². The highest BCUT2D eigenvalue weighted by molar-refractivity contribution is 5.74. The van der Waals surface area contributed by atoms with Gasteiger partial charge in [-0.25, -0.2) is 0 Å². The Morgan fingerprint density at radius 2 is 2.00 bits per heavy atom. The van der Waals surface area contributed by atoms with Crippen molar-refractivity contribution in [1.82, 2.24) is 4.90 Å². The number of ether oxygens (including phenoxy) is 1. The van der Waals surface area contributed by atoms with Crippen molar-refractivity contribution >= 4 is 5.91 Å². The van der Waals surface area contributed by atoms with Crippen molar-refractivity contribution in [3.05, 3.63) is 42.0 Å². The van der Waals surface area contributed by atoms with E-state index in [4.69, 9.17) is 4.74 Å². The van der Waals surface area contributed by atoms with E-state index in [1.165, 1.54) is 0 Å². The first-order valence-electron chi connectivity index (χ1n) is 6.28. The van der Waals surface area contributed by atoms with Gasteiger partial charge in [0.15, 0.2) is 0 Å². The molecule has 0 aliphatic carbocycles. The van der Waals surface area contributed by atoms with Gasteiger partial charge >= 0.3 is 0 Å². The number of rotatable bonds is 2. The van der Waals surface area contributed by atoms with E-state index in [-0.39, 0.29) is 11.9 Å². The smallest absolute Gasteiger partial charge is 0.219 e. The van der Waals surface area contributed by atoms with Crippen molar-refractivity contribution in [1.29, 1.82) is 0 Å². The summed E-state index contributed by atoms with van der Waals surface area (Å²) in [6.07, 6.45) is 6.13. The lowest BCUT2D eigenvalue weighted by Gasteiger charge is -2.29.